The van der Waals surface area contributed by atoms with Crippen molar-refractivity contribution in [2.24, 2.45) is 5.14 Å². The Morgan fingerprint density at radius 1 is 1.29 bits per heavy atom. The third-order valence-electron chi connectivity index (χ3n) is 4.24. The van der Waals surface area contributed by atoms with Crippen LogP contribution in [0.15, 0.2) is 49.1 Å². The minimum absolute atomic E-state index is 0.169. The van der Waals surface area contributed by atoms with Gasteiger partial charge in [0.2, 0.25) is 10.0 Å². The number of primary sulfonamides is 1. The van der Waals surface area contributed by atoms with E-state index in [-0.39, 0.29) is 11.9 Å². The molecule has 2 N–H and O–H groups in total. The van der Waals surface area contributed by atoms with Gasteiger partial charge in [-0.2, -0.15) is 0 Å². The molecule has 2 aromatic rings. The van der Waals surface area contributed by atoms with Crippen LogP contribution in [0.5, 0.6) is 5.75 Å². The summed E-state index contributed by atoms with van der Waals surface area (Å²) in [4.78, 5) is 0. The second kappa shape index (κ2) is 6.42. The molecular weight excluding hydrogens is 322 g/mol. The molecule has 0 bridgehead atoms. The molecule has 1 heterocycles. The lowest BCUT2D eigenvalue weighted by molar-refractivity contribution is 0.205. The number of hydrogen-bond acceptors (Lipinski definition) is 3. The van der Waals surface area contributed by atoms with Gasteiger partial charge in [0.05, 0.1) is 5.75 Å². The molecule has 0 radical (unpaired) electrons. The summed E-state index contributed by atoms with van der Waals surface area (Å²) in [7, 11) is -3.57. The normalized spacial score (nSPS) is 16.0. The Morgan fingerprint density at radius 3 is 2.75 bits per heavy atom. The van der Waals surface area contributed by atoms with Gasteiger partial charge in [0.25, 0.3) is 0 Å². The number of hydrogen-bond donors (Lipinski definition) is 1. The molecule has 0 aliphatic carbocycles. The monoisotopic (exact) mass is 343 g/mol. The molecule has 0 saturated carbocycles. The average molecular weight is 343 g/mol. The van der Waals surface area contributed by atoms with Crippen molar-refractivity contribution in [1.29, 1.82) is 0 Å². The van der Waals surface area contributed by atoms with E-state index in [1.165, 1.54) is 5.56 Å². The van der Waals surface area contributed by atoms with Gasteiger partial charge in [0.1, 0.15) is 11.9 Å². The van der Waals surface area contributed by atoms with Crippen LogP contribution in [0.25, 0.3) is 11.1 Å². The van der Waals surface area contributed by atoms with Crippen LogP contribution in [0.3, 0.4) is 0 Å². The van der Waals surface area contributed by atoms with Crippen molar-refractivity contribution in [1.82, 2.24) is 0 Å². The van der Waals surface area contributed by atoms with E-state index in [0.29, 0.717) is 12.0 Å². The number of fused-ring (bicyclic) bond motifs is 3. The SMILES string of the molecule is C=CCC1Oc2cccc(CC)c2-c2ccc(CS(N)(=O)=O)cc21. The second-order valence-corrected chi connectivity index (χ2v) is 7.62. The summed E-state index contributed by atoms with van der Waals surface area (Å²) in [6, 6.07) is 11.8. The van der Waals surface area contributed by atoms with Crippen LogP contribution in [-0.4, -0.2) is 8.42 Å². The number of ether oxygens (including phenoxy) is 1. The maximum absolute atomic E-state index is 11.4. The Hall–Kier alpha value is -2.11. The van der Waals surface area contributed by atoms with Gasteiger partial charge in [0.15, 0.2) is 0 Å². The van der Waals surface area contributed by atoms with Gasteiger partial charge in [-0.15, -0.1) is 6.58 Å². The largest absolute Gasteiger partial charge is 0.485 e. The molecule has 126 valence electrons. The Bertz CT molecular complexity index is 887. The van der Waals surface area contributed by atoms with Crippen LogP contribution < -0.4 is 9.88 Å². The standard InChI is InChI=1S/C19H21NO3S/c1-3-6-17-16-11-13(12-24(20,21)22)9-10-15(16)19-14(4-2)7-5-8-18(19)23-17/h3,5,7-11,17H,1,4,6,12H2,2H3,(H2,20,21,22). The lowest BCUT2D eigenvalue weighted by Gasteiger charge is -2.30. The summed E-state index contributed by atoms with van der Waals surface area (Å²) in [5.74, 6) is 0.691. The molecule has 0 amide bonds. The molecule has 3 rings (SSSR count). The van der Waals surface area contributed by atoms with Gasteiger partial charge >= 0.3 is 0 Å². The molecule has 1 atom stereocenters. The summed E-state index contributed by atoms with van der Waals surface area (Å²) in [5.41, 5.74) is 5.07. The lowest BCUT2D eigenvalue weighted by Crippen LogP contribution is -2.17. The number of aryl methyl sites for hydroxylation is 1. The highest BCUT2D eigenvalue weighted by Crippen LogP contribution is 2.45. The maximum atomic E-state index is 11.4. The van der Waals surface area contributed by atoms with Crippen LogP contribution in [0, 0.1) is 0 Å². The molecule has 0 spiro atoms. The van der Waals surface area contributed by atoms with E-state index in [9.17, 15) is 8.42 Å². The maximum Gasteiger partial charge on any atom is 0.213 e. The zero-order chi connectivity index (χ0) is 17.3. The Kier molecular flexibility index (Phi) is 4.47. The van der Waals surface area contributed by atoms with Crippen molar-refractivity contribution < 1.29 is 13.2 Å². The van der Waals surface area contributed by atoms with Crippen LogP contribution in [0.1, 0.15) is 36.1 Å². The van der Waals surface area contributed by atoms with E-state index >= 15 is 0 Å². The third-order valence-corrected chi connectivity index (χ3v) is 4.98. The third kappa shape index (κ3) is 3.23. The van der Waals surface area contributed by atoms with E-state index in [1.54, 1.807) is 0 Å². The van der Waals surface area contributed by atoms with Crippen molar-refractivity contribution in [3.63, 3.8) is 0 Å². The molecule has 4 nitrogen and oxygen atoms in total. The molecule has 1 aliphatic heterocycles. The topological polar surface area (TPSA) is 69.4 Å². The Morgan fingerprint density at radius 2 is 2.08 bits per heavy atom. The van der Waals surface area contributed by atoms with Gasteiger partial charge in [-0.25, -0.2) is 13.6 Å². The van der Waals surface area contributed by atoms with Gasteiger partial charge in [0, 0.05) is 17.5 Å². The van der Waals surface area contributed by atoms with Crippen molar-refractivity contribution in [3.8, 4) is 16.9 Å². The predicted octanol–water partition coefficient (Wildman–Crippen LogP) is 3.71. The Balaban J connectivity index is 2.17. The summed E-state index contributed by atoms with van der Waals surface area (Å²) >= 11 is 0. The van der Waals surface area contributed by atoms with Crippen molar-refractivity contribution >= 4 is 10.0 Å². The number of sulfonamides is 1. The fraction of sp³-hybridized carbons (Fsp3) is 0.263. The first-order valence-electron chi connectivity index (χ1n) is 7.96. The first-order valence-corrected chi connectivity index (χ1v) is 9.67. The molecular formula is C19H21NO3S. The van der Waals surface area contributed by atoms with Crippen molar-refractivity contribution in [2.75, 3.05) is 0 Å². The van der Waals surface area contributed by atoms with Gasteiger partial charge in [-0.3, -0.25) is 0 Å². The molecule has 2 aromatic carbocycles. The zero-order valence-corrected chi connectivity index (χ0v) is 14.5. The highest BCUT2D eigenvalue weighted by atomic mass is 32.2. The minimum Gasteiger partial charge on any atom is -0.485 e. The van der Waals surface area contributed by atoms with E-state index in [2.05, 4.69) is 19.6 Å². The second-order valence-electron chi connectivity index (χ2n) is 6.00. The summed E-state index contributed by atoms with van der Waals surface area (Å²) in [6.07, 6.45) is 3.20. The summed E-state index contributed by atoms with van der Waals surface area (Å²) < 4.78 is 29.0. The van der Waals surface area contributed by atoms with Gasteiger partial charge in [-0.05, 0) is 29.2 Å². The van der Waals surface area contributed by atoms with Crippen LogP contribution in [0.2, 0.25) is 0 Å². The summed E-state index contributed by atoms with van der Waals surface area (Å²) in [6.45, 7) is 5.91. The first-order chi connectivity index (χ1) is 11.4. The van der Waals surface area contributed by atoms with Crippen molar-refractivity contribution in [2.45, 2.75) is 31.6 Å². The van der Waals surface area contributed by atoms with Crippen LogP contribution >= 0.6 is 0 Å². The van der Waals surface area contributed by atoms with Gasteiger partial charge in [-0.1, -0.05) is 43.3 Å². The lowest BCUT2D eigenvalue weighted by atomic mass is 9.87. The highest BCUT2D eigenvalue weighted by molar-refractivity contribution is 7.88. The van der Waals surface area contributed by atoms with Crippen LogP contribution in [0.4, 0.5) is 0 Å². The van der Waals surface area contributed by atoms with Crippen molar-refractivity contribution in [3.05, 3.63) is 65.7 Å². The fourth-order valence-corrected chi connectivity index (χ4v) is 3.89. The van der Waals surface area contributed by atoms with E-state index in [1.807, 2.05) is 36.4 Å². The zero-order valence-electron chi connectivity index (χ0n) is 13.7. The van der Waals surface area contributed by atoms with E-state index < -0.39 is 10.0 Å². The predicted molar refractivity (Wildman–Crippen MR) is 96.3 cm³/mol. The fourth-order valence-electron chi connectivity index (χ4n) is 3.25. The molecule has 1 unspecified atom stereocenters. The molecule has 0 aromatic heterocycles. The summed E-state index contributed by atoms with van der Waals surface area (Å²) in [5, 5.41) is 5.18. The molecule has 24 heavy (non-hydrogen) atoms. The average Bonchev–Trinajstić information content (AvgIpc) is 2.53. The molecule has 0 saturated heterocycles. The molecule has 5 heteroatoms. The number of rotatable bonds is 5. The number of nitrogens with two attached hydrogens (primary N) is 1. The van der Waals surface area contributed by atoms with E-state index in [4.69, 9.17) is 9.88 Å². The van der Waals surface area contributed by atoms with E-state index in [0.717, 1.165) is 28.9 Å². The highest BCUT2D eigenvalue weighted by Gasteiger charge is 2.27. The van der Waals surface area contributed by atoms with Gasteiger partial charge < -0.3 is 4.74 Å². The molecule has 0 fully saturated rings. The number of benzene rings is 2. The smallest absolute Gasteiger partial charge is 0.213 e. The molecule has 1 aliphatic rings. The minimum atomic E-state index is -3.57. The quantitative estimate of drug-likeness (QED) is 0.841. The first kappa shape index (κ1) is 16.7. The Labute approximate surface area is 143 Å². The van der Waals surface area contributed by atoms with Crippen LogP contribution in [-0.2, 0) is 22.2 Å².